The Morgan fingerprint density at radius 1 is 1.41 bits per heavy atom. The van der Waals surface area contributed by atoms with E-state index in [1.54, 1.807) is 0 Å². The summed E-state index contributed by atoms with van der Waals surface area (Å²) in [5.41, 5.74) is 0.413. The van der Waals surface area contributed by atoms with Crippen molar-refractivity contribution in [2.75, 3.05) is 0 Å². The number of alkyl halides is 3. The molecular formula is C10H8ClF3O3. The number of rotatable bonds is 4. The van der Waals surface area contributed by atoms with Crippen molar-refractivity contribution in [1.29, 1.82) is 0 Å². The van der Waals surface area contributed by atoms with Crippen LogP contribution in [0, 0.1) is 0 Å². The van der Waals surface area contributed by atoms with Gasteiger partial charge in [-0.2, -0.15) is 0 Å². The molecule has 0 saturated heterocycles. The summed E-state index contributed by atoms with van der Waals surface area (Å²) in [7, 11) is 0. The highest BCUT2D eigenvalue weighted by atomic mass is 35.5. The molecule has 7 heteroatoms. The van der Waals surface area contributed by atoms with E-state index in [-0.39, 0.29) is 17.9 Å². The van der Waals surface area contributed by atoms with E-state index in [0.717, 1.165) is 6.07 Å². The molecule has 1 N–H and O–H groups in total. The van der Waals surface area contributed by atoms with Gasteiger partial charge in [0.25, 0.3) is 0 Å². The van der Waals surface area contributed by atoms with Gasteiger partial charge in [0.2, 0.25) is 0 Å². The van der Waals surface area contributed by atoms with Crippen LogP contribution in [-0.2, 0) is 11.2 Å². The number of hydrogen-bond acceptors (Lipinski definition) is 2. The Morgan fingerprint density at radius 2 is 2.06 bits per heavy atom. The first-order valence-electron chi connectivity index (χ1n) is 4.54. The summed E-state index contributed by atoms with van der Waals surface area (Å²) in [5.74, 6) is -1.56. The van der Waals surface area contributed by atoms with Crippen molar-refractivity contribution in [2.45, 2.75) is 19.2 Å². The number of carbonyl (C=O) groups is 1. The minimum atomic E-state index is -4.82. The molecular weight excluding hydrogens is 261 g/mol. The van der Waals surface area contributed by atoms with E-state index in [1.807, 2.05) is 0 Å². The Hall–Kier alpha value is -1.43. The van der Waals surface area contributed by atoms with Gasteiger partial charge in [-0.1, -0.05) is 17.7 Å². The van der Waals surface area contributed by atoms with Crippen LogP contribution in [0.25, 0.3) is 0 Å². The van der Waals surface area contributed by atoms with Gasteiger partial charge in [-0.3, -0.25) is 4.79 Å². The fourth-order valence-corrected chi connectivity index (χ4v) is 1.31. The van der Waals surface area contributed by atoms with Crippen molar-refractivity contribution >= 4 is 17.6 Å². The topological polar surface area (TPSA) is 46.5 Å². The summed E-state index contributed by atoms with van der Waals surface area (Å²) < 4.78 is 39.7. The largest absolute Gasteiger partial charge is 0.573 e. The smallest absolute Gasteiger partial charge is 0.481 e. The zero-order valence-corrected chi connectivity index (χ0v) is 9.18. The Morgan fingerprint density at radius 3 is 2.59 bits per heavy atom. The predicted octanol–water partition coefficient (Wildman–Crippen LogP) is 3.26. The van der Waals surface area contributed by atoms with Crippen LogP contribution in [0.3, 0.4) is 0 Å². The first kappa shape index (κ1) is 13.6. The summed E-state index contributed by atoms with van der Waals surface area (Å²) in [6, 6.07) is 3.77. The molecule has 0 fully saturated rings. The molecule has 0 aromatic heterocycles. The molecule has 0 saturated carbocycles. The van der Waals surface area contributed by atoms with Crippen LogP contribution in [0.1, 0.15) is 12.0 Å². The predicted molar refractivity (Wildman–Crippen MR) is 54.1 cm³/mol. The Bertz CT molecular complexity index is 418. The van der Waals surface area contributed by atoms with Crippen LogP contribution in [-0.4, -0.2) is 17.4 Å². The maximum Gasteiger partial charge on any atom is 0.573 e. The monoisotopic (exact) mass is 268 g/mol. The molecule has 0 atom stereocenters. The van der Waals surface area contributed by atoms with E-state index < -0.39 is 18.1 Å². The number of carboxylic acids is 1. The third-order valence-electron chi connectivity index (χ3n) is 1.85. The Kier molecular flexibility index (Phi) is 4.22. The number of aryl methyl sites for hydroxylation is 1. The molecule has 0 aliphatic carbocycles. The number of ether oxygens (including phenoxy) is 1. The van der Waals surface area contributed by atoms with Crippen LogP contribution in [0.15, 0.2) is 18.2 Å². The highest BCUT2D eigenvalue weighted by Crippen LogP contribution is 2.31. The van der Waals surface area contributed by atoms with E-state index in [9.17, 15) is 18.0 Å². The average Bonchev–Trinajstić information content (AvgIpc) is 2.17. The van der Waals surface area contributed by atoms with Crippen molar-refractivity contribution < 1.29 is 27.8 Å². The van der Waals surface area contributed by atoms with Gasteiger partial charge in [-0.05, 0) is 24.1 Å². The average molecular weight is 269 g/mol. The van der Waals surface area contributed by atoms with Crippen LogP contribution < -0.4 is 4.74 Å². The summed E-state index contributed by atoms with van der Waals surface area (Å²) in [6.07, 6.45) is -4.89. The highest BCUT2D eigenvalue weighted by molar-refractivity contribution is 6.32. The van der Waals surface area contributed by atoms with Crippen LogP contribution in [0.4, 0.5) is 13.2 Å². The van der Waals surface area contributed by atoms with Crippen molar-refractivity contribution in [3.05, 3.63) is 28.8 Å². The molecule has 0 radical (unpaired) electrons. The van der Waals surface area contributed by atoms with E-state index in [2.05, 4.69) is 4.74 Å². The summed E-state index contributed by atoms with van der Waals surface area (Å²) in [5, 5.41) is 8.27. The molecule has 1 rings (SSSR count). The van der Waals surface area contributed by atoms with Gasteiger partial charge in [0.1, 0.15) is 5.75 Å². The third-order valence-corrected chi connectivity index (χ3v) is 2.16. The quantitative estimate of drug-likeness (QED) is 0.912. The lowest BCUT2D eigenvalue weighted by Crippen LogP contribution is -2.17. The third kappa shape index (κ3) is 4.95. The number of carboxylic acid groups (broad SMARTS) is 1. The molecule has 0 bridgehead atoms. The fraction of sp³-hybridized carbons (Fsp3) is 0.300. The minimum Gasteiger partial charge on any atom is -0.481 e. The molecule has 3 nitrogen and oxygen atoms in total. The molecule has 0 aliphatic rings. The van der Waals surface area contributed by atoms with E-state index >= 15 is 0 Å². The van der Waals surface area contributed by atoms with Crippen LogP contribution in [0.2, 0.25) is 5.02 Å². The lowest BCUT2D eigenvalue weighted by molar-refractivity contribution is -0.274. The van der Waals surface area contributed by atoms with Gasteiger partial charge in [0.05, 0.1) is 5.02 Å². The molecule has 0 spiro atoms. The Labute approximate surface area is 99.8 Å². The van der Waals surface area contributed by atoms with Gasteiger partial charge in [-0.25, -0.2) is 0 Å². The summed E-state index contributed by atoms with van der Waals surface area (Å²) in [4.78, 5) is 10.3. The zero-order chi connectivity index (χ0) is 13.1. The van der Waals surface area contributed by atoms with Crippen LogP contribution in [0.5, 0.6) is 5.75 Å². The second kappa shape index (κ2) is 5.27. The van der Waals surface area contributed by atoms with E-state index in [0.29, 0.717) is 5.56 Å². The fourth-order valence-electron chi connectivity index (χ4n) is 1.16. The van der Waals surface area contributed by atoms with Gasteiger partial charge in [0, 0.05) is 6.42 Å². The second-order valence-electron chi connectivity index (χ2n) is 3.21. The molecule has 94 valence electrons. The number of hydrogen-bond donors (Lipinski definition) is 1. The highest BCUT2D eigenvalue weighted by Gasteiger charge is 2.32. The summed E-state index contributed by atoms with van der Waals surface area (Å²) >= 11 is 5.52. The SMILES string of the molecule is O=C(O)CCc1ccc(Cl)c(OC(F)(F)F)c1. The van der Waals surface area contributed by atoms with Gasteiger partial charge < -0.3 is 9.84 Å². The van der Waals surface area contributed by atoms with Crippen molar-refractivity contribution in [2.24, 2.45) is 0 Å². The van der Waals surface area contributed by atoms with Gasteiger partial charge in [-0.15, -0.1) is 13.2 Å². The maximum atomic E-state index is 12.0. The molecule has 1 aromatic carbocycles. The Balaban J connectivity index is 2.83. The molecule has 0 aliphatic heterocycles. The van der Waals surface area contributed by atoms with Crippen molar-refractivity contribution in [3.8, 4) is 5.75 Å². The zero-order valence-electron chi connectivity index (χ0n) is 8.42. The first-order valence-corrected chi connectivity index (χ1v) is 4.92. The van der Waals surface area contributed by atoms with E-state index in [1.165, 1.54) is 12.1 Å². The molecule has 1 aromatic rings. The van der Waals surface area contributed by atoms with E-state index in [4.69, 9.17) is 16.7 Å². The van der Waals surface area contributed by atoms with Crippen molar-refractivity contribution in [3.63, 3.8) is 0 Å². The molecule has 17 heavy (non-hydrogen) atoms. The second-order valence-corrected chi connectivity index (χ2v) is 3.61. The first-order chi connectivity index (χ1) is 7.78. The lowest BCUT2D eigenvalue weighted by Gasteiger charge is -2.11. The lowest BCUT2D eigenvalue weighted by atomic mass is 10.1. The molecule has 0 unspecified atom stereocenters. The maximum absolute atomic E-state index is 12.0. The summed E-state index contributed by atoms with van der Waals surface area (Å²) in [6.45, 7) is 0. The number of aliphatic carboxylic acids is 1. The molecule has 0 amide bonds. The van der Waals surface area contributed by atoms with Gasteiger partial charge in [0.15, 0.2) is 0 Å². The van der Waals surface area contributed by atoms with Crippen LogP contribution >= 0.6 is 11.6 Å². The minimum absolute atomic E-state index is 0.112. The number of benzene rings is 1. The normalized spacial score (nSPS) is 11.3. The van der Waals surface area contributed by atoms with Gasteiger partial charge >= 0.3 is 12.3 Å². The van der Waals surface area contributed by atoms with Crippen molar-refractivity contribution in [1.82, 2.24) is 0 Å². The number of halogens is 4. The standard InChI is InChI=1S/C10H8ClF3O3/c11-7-3-1-6(2-4-9(15)16)5-8(7)17-10(12,13)14/h1,3,5H,2,4H2,(H,15,16). The molecule has 0 heterocycles.